The molecule has 1 aromatic heterocycles. The number of nitrogens with zero attached hydrogens (tertiary/aromatic N) is 4. The molecule has 122 valence electrons. The first-order valence-corrected chi connectivity index (χ1v) is 8.26. The largest absolute Gasteiger partial charge is 0.332 e. The number of halogens is 2. The number of likely N-dealkylation sites (tertiary alicyclic amines) is 1. The van der Waals surface area contributed by atoms with Gasteiger partial charge in [0.15, 0.2) is 17.5 Å². The van der Waals surface area contributed by atoms with Crippen LogP contribution in [-0.4, -0.2) is 37.9 Å². The zero-order chi connectivity index (χ0) is 16.4. The second kappa shape index (κ2) is 6.66. The quantitative estimate of drug-likeness (QED) is 0.804. The lowest BCUT2D eigenvalue weighted by Crippen LogP contribution is -2.33. The van der Waals surface area contributed by atoms with E-state index < -0.39 is 11.6 Å². The number of aryl methyl sites for hydroxylation is 1. The van der Waals surface area contributed by atoms with Gasteiger partial charge in [-0.05, 0) is 31.0 Å². The van der Waals surface area contributed by atoms with Crippen LogP contribution in [0.3, 0.4) is 0 Å². The third-order valence-electron chi connectivity index (χ3n) is 3.87. The van der Waals surface area contributed by atoms with Crippen LogP contribution in [0.1, 0.15) is 24.7 Å². The Morgan fingerprint density at radius 3 is 2.91 bits per heavy atom. The first kappa shape index (κ1) is 15.9. The lowest BCUT2D eigenvalue weighted by molar-refractivity contribution is -0.129. The highest BCUT2D eigenvalue weighted by Gasteiger charge is 2.32. The zero-order valence-electron chi connectivity index (χ0n) is 12.6. The molecule has 1 aliphatic rings. The van der Waals surface area contributed by atoms with E-state index in [2.05, 4.69) is 10.2 Å². The second-order valence-electron chi connectivity index (χ2n) is 5.41. The Morgan fingerprint density at radius 2 is 2.22 bits per heavy atom. The van der Waals surface area contributed by atoms with Crippen molar-refractivity contribution in [2.75, 3.05) is 12.3 Å². The number of carbonyl (C=O) groups is 1. The van der Waals surface area contributed by atoms with E-state index in [0.717, 1.165) is 30.8 Å². The molecule has 1 aromatic carbocycles. The van der Waals surface area contributed by atoms with E-state index in [1.165, 1.54) is 17.8 Å². The van der Waals surface area contributed by atoms with Gasteiger partial charge in [-0.25, -0.2) is 8.78 Å². The Balaban J connectivity index is 1.65. The van der Waals surface area contributed by atoms with Crippen molar-refractivity contribution >= 4 is 17.7 Å². The molecule has 0 bridgehead atoms. The molecular weight excluding hydrogens is 322 g/mol. The Kier molecular flexibility index (Phi) is 4.61. The van der Waals surface area contributed by atoms with Crippen LogP contribution in [0.25, 0.3) is 0 Å². The van der Waals surface area contributed by atoms with E-state index in [1.807, 2.05) is 11.6 Å². The number of thioether (sulfide) groups is 1. The predicted molar refractivity (Wildman–Crippen MR) is 81.8 cm³/mol. The summed E-state index contributed by atoms with van der Waals surface area (Å²) in [5.41, 5.74) is 0. The first-order chi connectivity index (χ1) is 11.1. The summed E-state index contributed by atoms with van der Waals surface area (Å²) in [6.07, 6.45) is 3.39. The highest BCUT2D eigenvalue weighted by Crippen LogP contribution is 2.31. The van der Waals surface area contributed by atoms with Crippen molar-refractivity contribution in [3.63, 3.8) is 0 Å². The molecule has 0 unspecified atom stereocenters. The number of benzene rings is 1. The third kappa shape index (κ3) is 3.36. The molecular formula is C15H16F2N4OS. The minimum Gasteiger partial charge on any atom is -0.332 e. The summed E-state index contributed by atoms with van der Waals surface area (Å²) in [6.45, 7) is 0.675. The summed E-state index contributed by atoms with van der Waals surface area (Å²) < 4.78 is 27.9. The summed E-state index contributed by atoms with van der Waals surface area (Å²) in [4.78, 5) is 14.8. The van der Waals surface area contributed by atoms with Gasteiger partial charge in [-0.1, -0.05) is 0 Å². The average Bonchev–Trinajstić information content (AvgIpc) is 3.16. The van der Waals surface area contributed by atoms with E-state index in [-0.39, 0.29) is 17.7 Å². The number of amides is 1. The molecule has 1 fully saturated rings. The molecule has 5 nitrogen and oxygen atoms in total. The van der Waals surface area contributed by atoms with Crippen LogP contribution in [0.4, 0.5) is 8.78 Å². The summed E-state index contributed by atoms with van der Waals surface area (Å²) >= 11 is 1.20. The third-order valence-corrected chi connectivity index (χ3v) is 4.85. The minimum atomic E-state index is -0.902. The van der Waals surface area contributed by atoms with Crippen molar-refractivity contribution in [3.8, 4) is 0 Å². The van der Waals surface area contributed by atoms with Crippen molar-refractivity contribution in [1.29, 1.82) is 0 Å². The van der Waals surface area contributed by atoms with Gasteiger partial charge >= 0.3 is 0 Å². The Hall–Kier alpha value is -1.96. The molecule has 1 atom stereocenters. The highest BCUT2D eigenvalue weighted by molar-refractivity contribution is 8.00. The lowest BCUT2D eigenvalue weighted by atomic mass is 10.2. The van der Waals surface area contributed by atoms with Gasteiger partial charge < -0.3 is 9.47 Å². The van der Waals surface area contributed by atoms with Gasteiger partial charge in [-0.2, -0.15) is 0 Å². The molecule has 3 rings (SSSR count). The fraction of sp³-hybridized carbons (Fsp3) is 0.400. The van der Waals surface area contributed by atoms with E-state index in [0.29, 0.717) is 11.4 Å². The van der Waals surface area contributed by atoms with Gasteiger partial charge in [0.25, 0.3) is 0 Å². The molecule has 23 heavy (non-hydrogen) atoms. The SMILES string of the molecule is Cn1cnnc1[C@@H]1CCCN1C(=O)CSc1ccc(F)c(F)c1. The zero-order valence-corrected chi connectivity index (χ0v) is 13.4. The fourth-order valence-electron chi connectivity index (χ4n) is 2.72. The average molecular weight is 338 g/mol. The normalized spacial score (nSPS) is 17.7. The Bertz CT molecular complexity index is 721. The van der Waals surface area contributed by atoms with Crippen LogP contribution in [0.15, 0.2) is 29.4 Å². The molecule has 2 aromatic rings. The number of rotatable bonds is 4. The molecule has 0 saturated carbocycles. The fourth-order valence-corrected chi connectivity index (χ4v) is 3.53. The predicted octanol–water partition coefficient (Wildman–Crippen LogP) is 2.55. The second-order valence-corrected chi connectivity index (χ2v) is 6.46. The summed E-state index contributed by atoms with van der Waals surface area (Å²) in [5, 5.41) is 7.96. The van der Waals surface area contributed by atoms with E-state index in [4.69, 9.17) is 0 Å². The van der Waals surface area contributed by atoms with Gasteiger partial charge in [0.05, 0.1) is 11.8 Å². The number of aromatic nitrogens is 3. The van der Waals surface area contributed by atoms with Gasteiger partial charge in [0.1, 0.15) is 6.33 Å². The van der Waals surface area contributed by atoms with Crippen molar-refractivity contribution in [3.05, 3.63) is 42.0 Å². The van der Waals surface area contributed by atoms with E-state index >= 15 is 0 Å². The smallest absolute Gasteiger partial charge is 0.233 e. The summed E-state index contributed by atoms with van der Waals surface area (Å²) in [7, 11) is 1.85. The van der Waals surface area contributed by atoms with E-state index in [9.17, 15) is 13.6 Å². The molecule has 0 spiro atoms. The van der Waals surface area contributed by atoms with Gasteiger partial charge in [0, 0.05) is 18.5 Å². The molecule has 1 amide bonds. The summed E-state index contributed by atoms with van der Waals surface area (Å²) in [6, 6.07) is 3.58. The van der Waals surface area contributed by atoms with Gasteiger partial charge in [0.2, 0.25) is 5.91 Å². The molecule has 8 heteroatoms. The molecule has 0 aliphatic carbocycles. The maximum atomic E-state index is 13.2. The molecule has 1 aliphatic heterocycles. The van der Waals surface area contributed by atoms with Crippen LogP contribution in [0, 0.1) is 11.6 Å². The van der Waals surface area contributed by atoms with Crippen LogP contribution in [0.2, 0.25) is 0 Å². The van der Waals surface area contributed by atoms with E-state index in [1.54, 1.807) is 11.2 Å². The van der Waals surface area contributed by atoms with Crippen molar-refractivity contribution in [1.82, 2.24) is 19.7 Å². The monoisotopic (exact) mass is 338 g/mol. The number of hydrogen-bond donors (Lipinski definition) is 0. The van der Waals surface area contributed by atoms with Crippen LogP contribution < -0.4 is 0 Å². The Labute approximate surface area is 136 Å². The number of hydrogen-bond acceptors (Lipinski definition) is 4. The molecule has 2 heterocycles. The maximum absolute atomic E-state index is 13.2. The highest BCUT2D eigenvalue weighted by atomic mass is 32.2. The van der Waals surface area contributed by atoms with Crippen molar-refractivity contribution in [2.24, 2.45) is 7.05 Å². The summed E-state index contributed by atoms with van der Waals surface area (Å²) in [5.74, 6) is -0.874. The van der Waals surface area contributed by atoms with Gasteiger partial charge in [-0.15, -0.1) is 22.0 Å². The molecule has 0 N–H and O–H groups in total. The van der Waals surface area contributed by atoms with Crippen molar-refractivity contribution in [2.45, 2.75) is 23.8 Å². The molecule has 1 saturated heterocycles. The Morgan fingerprint density at radius 1 is 1.39 bits per heavy atom. The maximum Gasteiger partial charge on any atom is 0.233 e. The first-order valence-electron chi connectivity index (χ1n) is 7.27. The minimum absolute atomic E-state index is 0.0368. The number of carbonyl (C=O) groups excluding carboxylic acids is 1. The van der Waals surface area contributed by atoms with Crippen LogP contribution in [0.5, 0.6) is 0 Å². The topological polar surface area (TPSA) is 51.0 Å². The van der Waals surface area contributed by atoms with Crippen LogP contribution in [-0.2, 0) is 11.8 Å². The standard InChI is InChI=1S/C15H16F2N4OS/c1-20-9-18-19-15(20)13-3-2-6-21(13)14(22)8-23-10-4-5-11(16)12(17)7-10/h4-5,7,9,13H,2-3,6,8H2,1H3/t13-/m0/s1. The lowest BCUT2D eigenvalue weighted by Gasteiger charge is -2.23. The van der Waals surface area contributed by atoms with Crippen LogP contribution >= 0.6 is 11.8 Å². The molecule has 0 radical (unpaired) electrons. The van der Waals surface area contributed by atoms with Gasteiger partial charge in [-0.3, -0.25) is 4.79 Å². The van der Waals surface area contributed by atoms with Crippen molar-refractivity contribution < 1.29 is 13.6 Å².